The van der Waals surface area contributed by atoms with Crippen molar-refractivity contribution in [1.82, 2.24) is 10.9 Å². The Hall–Kier alpha value is -1.01. The maximum absolute atomic E-state index is 8.17. The zero-order valence-corrected chi connectivity index (χ0v) is 3.73. The molecule has 0 saturated heterocycles. The zero-order chi connectivity index (χ0) is 5.11. The Labute approximate surface area is 41.6 Å². The highest BCUT2D eigenvalue weighted by atomic mass is 15.4. The molecule has 0 saturated carbocycles. The predicted molar refractivity (Wildman–Crippen MR) is 24.8 cm³/mol. The highest BCUT2D eigenvalue weighted by molar-refractivity contribution is 5.23. The second kappa shape index (κ2) is 1.63. The smallest absolute Gasteiger partial charge is 0.0977 e. The van der Waals surface area contributed by atoms with Gasteiger partial charge in [-0.1, -0.05) is 0 Å². The molecule has 0 fully saturated rings. The molecule has 0 atom stereocenters. The Morgan fingerprint density at radius 2 is 2.71 bits per heavy atom. The minimum Gasteiger partial charge on any atom is -0.327 e. The van der Waals surface area contributed by atoms with Crippen molar-refractivity contribution in [2.24, 2.45) is 0 Å². The van der Waals surface area contributed by atoms with E-state index in [1.807, 2.05) is 6.07 Å². The Kier molecular flexibility index (Phi) is 0.966. The standard InChI is InChI=1S/C4H5N3/c5-1-4-2-6-7-3-4/h2,6-7H,3H2. The molecule has 0 aromatic heterocycles. The lowest BCUT2D eigenvalue weighted by atomic mass is 10.3. The largest absolute Gasteiger partial charge is 0.327 e. The summed E-state index contributed by atoms with van der Waals surface area (Å²) in [5, 5.41) is 8.17. The molecule has 1 rings (SSSR count). The maximum atomic E-state index is 8.17. The molecule has 0 aromatic rings. The second-order valence-electron chi connectivity index (χ2n) is 1.28. The monoisotopic (exact) mass is 95.0 g/mol. The van der Waals surface area contributed by atoms with E-state index in [-0.39, 0.29) is 0 Å². The molecule has 1 heterocycles. The van der Waals surface area contributed by atoms with Gasteiger partial charge in [-0.25, -0.2) is 5.43 Å². The SMILES string of the molecule is N#CC1=CNNC1. The maximum Gasteiger partial charge on any atom is 0.0977 e. The van der Waals surface area contributed by atoms with Gasteiger partial charge in [-0.3, -0.25) is 0 Å². The van der Waals surface area contributed by atoms with Crippen LogP contribution in [-0.4, -0.2) is 6.54 Å². The van der Waals surface area contributed by atoms with E-state index in [4.69, 9.17) is 5.26 Å². The average molecular weight is 95.1 g/mol. The minimum atomic E-state index is 0.649. The Bertz CT molecular complexity index is 130. The normalized spacial score (nSPS) is 17.3. The van der Waals surface area contributed by atoms with Crippen LogP contribution in [0.2, 0.25) is 0 Å². The van der Waals surface area contributed by atoms with Gasteiger partial charge in [0, 0.05) is 6.20 Å². The first-order valence-electron chi connectivity index (χ1n) is 2.01. The van der Waals surface area contributed by atoms with Gasteiger partial charge in [0.2, 0.25) is 0 Å². The van der Waals surface area contributed by atoms with Crippen molar-refractivity contribution < 1.29 is 0 Å². The van der Waals surface area contributed by atoms with Crippen LogP contribution in [0.5, 0.6) is 0 Å². The van der Waals surface area contributed by atoms with Gasteiger partial charge < -0.3 is 5.43 Å². The molecule has 0 unspecified atom stereocenters. The lowest BCUT2D eigenvalue weighted by Crippen LogP contribution is -2.20. The van der Waals surface area contributed by atoms with Crippen LogP contribution in [0.25, 0.3) is 0 Å². The van der Waals surface area contributed by atoms with E-state index in [1.54, 1.807) is 6.20 Å². The highest BCUT2D eigenvalue weighted by Crippen LogP contribution is 1.89. The summed E-state index contributed by atoms with van der Waals surface area (Å²) < 4.78 is 0. The molecule has 0 aliphatic carbocycles. The summed E-state index contributed by atoms with van der Waals surface area (Å²) in [5.41, 5.74) is 6.20. The molecule has 2 N–H and O–H groups in total. The number of nitrogens with zero attached hydrogens (tertiary/aromatic N) is 1. The third-order valence-electron chi connectivity index (χ3n) is 0.771. The number of hydrogen-bond acceptors (Lipinski definition) is 3. The van der Waals surface area contributed by atoms with Crippen molar-refractivity contribution in [3.05, 3.63) is 11.8 Å². The third kappa shape index (κ3) is 0.699. The molecular weight excluding hydrogens is 90.1 g/mol. The lowest BCUT2D eigenvalue weighted by molar-refractivity contribution is 0.724. The quantitative estimate of drug-likeness (QED) is 0.426. The van der Waals surface area contributed by atoms with E-state index >= 15 is 0 Å². The number of nitrogens with one attached hydrogen (secondary N) is 2. The Morgan fingerprint density at radius 3 is 3.00 bits per heavy atom. The number of hydrazine groups is 1. The number of hydrogen-bond donors (Lipinski definition) is 2. The first kappa shape index (κ1) is 4.16. The van der Waals surface area contributed by atoms with Crippen LogP contribution >= 0.6 is 0 Å². The van der Waals surface area contributed by atoms with Gasteiger partial charge in [0.05, 0.1) is 18.2 Å². The fourth-order valence-corrected chi connectivity index (χ4v) is 0.407. The van der Waals surface area contributed by atoms with Gasteiger partial charge in [0.25, 0.3) is 0 Å². The van der Waals surface area contributed by atoms with Crippen molar-refractivity contribution >= 4 is 0 Å². The molecular formula is C4H5N3. The Morgan fingerprint density at radius 1 is 1.86 bits per heavy atom. The molecule has 3 heteroatoms. The van der Waals surface area contributed by atoms with Crippen LogP contribution in [0.4, 0.5) is 0 Å². The molecule has 0 amide bonds. The summed E-state index contributed by atoms with van der Waals surface area (Å²) >= 11 is 0. The average Bonchev–Trinajstić information content (AvgIpc) is 2.14. The summed E-state index contributed by atoms with van der Waals surface area (Å²) in [6.07, 6.45) is 1.65. The summed E-state index contributed by atoms with van der Waals surface area (Å²) in [5.74, 6) is 0. The van der Waals surface area contributed by atoms with Crippen molar-refractivity contribution in [2.45, 2.75) is 0 Å². The van der Waals surface area contributed by atoms with Crippen molar-refractivity contribution in [2.75, 3.05) is 6.54 Å². The predicted octanol–water partition coefficient (Wildman–Crippen LogP) is -0.498. The topological polar surface area (TPSA) is 47.9 Å². The molecule has 0 aromatic carbocycles. The highest BCUT2D eigenvalue weighted by Gasteiger charge is 1.97. The summed E-state index contributed by atoms with van der Waals surface area (Å²) in [6.45, 7) is 0.649. The van der Waals surface area contributed by atoms with E-state index in [1.165, 1.54) is 0 Å². The molecule has 3 nitrogen and oxygen atoms in total. The van der Waals surface area contributed by atoms with E-state index in [0.29, 0.717) is 6.54 Å². The van der Waals surface area contributed by atoms with Crippen molar-refractivity contribution in [1.29, 1.82) is 5.26 Å². The molecule has 36 valence electrons. The van der Waals surface area contributed by atoms with Crippen LogP contribution < -0.4 is 10.9 Å². The van der Waals surface area contributed by atoms with Gasteiger partial charge in [-0.05, 0) is 0 Å². The van der Waals surface area contributed by atoms with Gasteiger partial charge in [-0.2, -0.15) is 5.26 Å². The third-order valence-corrected chi connectivity index (χ3v) is 0.771. The summed E-state index contributed by atoms with van der Waals surface area (Å²) in [7, 11) is 0. The van der Waals surface area contributed by atoms with Gasteiger partial charge in [-0.15, -0.1) is 0 Å². The summed E-state index contributed by atoms with van der Waals surface area (Å²) in [4.78, 5) is 0. The molecule has 0 bridgehead atoms. The molecule has 0 spiro atoms. The first-order valence-corrected chi connectivity index (χ1v) is 2.01. The molecule has 0 radical (unpaired) electrons. The van der Waals surface area contributed by atoms with Gasteiger partial charge >= 0.3 is 0 Å². The van der Waals surface area contributed by atoms with E-state index in [9.17, 15) is 0 Å². The van der Waals surface area contributed by atoms with Gasteiger partial charge in [0.1, 0.15) is 0 Å². The molecule has 1 aliphatic rings. The summed E-state index contributed by atoms with van der Waals surface area (Å²) in [6, 6.07) is 2.00. The fourth-order valence-electron chi connectivity index (χ4n) is 0.407. The molecule has 1 aliphatic heterocycles. The van der Waals surface area contributed by atoms with Crippen molar-refractivity contribution in [3.63, 3.8) is 0 Å². The van der Waals surface area contributed by atoms with Crippen molar-refractivity contribution in [3.8, 4) is 6.07 Å². The lowest BCUT2D eigenvalue weighted by Gasteiger charge is -1.84. The van der Waals surface area contributed by atoms with Gasteiger partial charge in [0.15, 0.2) is 0 Å². The van der Waals surface area contributed by atoms with Crippen LogP contribution in [0, 0.1) is 11.3 Å². The van der Waals surface area contributed by atoms with Crippen LogP contribution in [0.1, 0.15) is 0 Å². The minimum absolute atomic E-state index is 0.649. The van der Waals surface area contributed by atoms with Crippen LogP contribution in [-0.2, 0) is 0 Å². The number of nitriles is 1. The Balaban J connectivity index is 2.57. The molecule has 7 heavy (non-hydrogen) atoms. The van der Waals surface area contributed by atoms with E-state index in [0.717, 1.165) is 5.57 Å². The zero-order valence-electron chi connectivity index (χ0n) is 3.73. The second-order valence-corrected chi connectivity index (χ2v) is 1.28. The van der Waals surface area contributed by atoms with Crippen LogP contribution in [0.3, 0.4) is 0 Å². The van der Waals surface area contributed by atoms with E-state index < -0.39 is 0 Å². The first-order chi connectivity index (χ1) is 3.43. The number of rotatable bonds is 0. The van der Waals surface area contributed by atoms with E-state index in [2.05, 4.69) is 10.9 Å². The fraction of sp³-hybridized carbons (Fsp3) is 0.250. The van der Waals surface area contributed by atoms with Crippen LogP contribution in [0.15, 0.2) is 11.8 Å².